The lowest BCUT2D eigenvalue weighted by Gasteiger charge is -2.19. The molecule has 1 heterocycles. The molecule has 0 aliphatic carbocycles. The summed E-state index contributed by atoms with van der Waals surface area (Å²) in [6.07, 6.45) is -3.77. The zero-order chi connectivity index (χ0) is 19.4. The van der Waals surface area contributed by atoms with Crippen LogP contribution in [0.5, 0.6) is 0 Å². The van der Waals surface area contributed by atoms with Crippen LogP contribution >= 0.6 is 11.8 Å². The van der Waals surface area contributed by atoms with Crippen LogP contribution in [0.2, 0.25) is 0 Å². The van der Waals surface area contributed by atoms with Crippen molar-refractivity contribution in [3.8, 4) is 6.07 Å². The number of alkyl halides is 3. The van der Waals surface area contributed by atoms with E-state index in [0.29, 0.717) is 16.1 Å². The van der Waals surface area contributed by atoms with Gasteiger partial charge in [0.25, 0.3) is 0 Å². The number of halogens is 3. The number of aromatic nitrogens is 2. The Kier molecular flexibility index (Phi) is 5.33. The number of anilines is 2. The van der Waals surface area contributed by atoms with Gasteiger partial charge in [-0.3, -0.25) is 0 Å². The van der Waals surface area contributed by atoms with Crippen LogP contribution in [-0.4, -0.2) is 17.0 Å². The summed E-state index contributed by atoms with van der Waals surface area (Å²) in [7, 11) is 1.63. The number of rotatable bonds is 4. The Morgan fingerprint density at radius 1 is 1.07 bits per heavy atom. The van der Waals surface area contributed by atoms with Gasteiger partial charge >= 0.3 is 6.18 Å². The molecule has 0 saturated heterocycles. The molecule has 136 valence electrons. The van der Waals surface area contributed by atoms with Crippen LogP contribution in [0.25, 0.3) is 0 Å². The predicted octanol–water partition coefficient (Wildman–Crippen LogP) is 5.29. The topological polar surface area (TPSA) is 52.8 Å². The zero-order valence-electron chi connectivity index (χ0n) is 14.1. The number of hydrogen-bond acceptors (Lipinski definition) is 5. The minimum atomic E-state index is -4.56. The van der Waals surface area contributed by atoms with Crippen molar-refractivity contribution in [1.29, 1.82) is 5.26 Å². The lowest BCUT2D eigenvalue weighted by atomic mass is 10.2. The van der Waals surface area contributed by atoms with Crippen molar-refractivity contribution in [1.82, 2.24) is 9.97 Å². The van der Waals surface area contributed by atoms with Crippen LogP contribution in [0, 0.1) is 11.3 Å². The lowest BCUT2D eigenvalue weighted by molar-refractivity contribution is -0.140. The maximum absolute atomic E-state index is 13.4. The number of benzene rings is 2. The van der Waals surface area contributed by atoms with E-state index < -0.39 is 11.7 Å². The standard InChI is InChI=1S/C19H13F3N4S/c1-26(14-7-5-6-13(10-14)11-23)18-24-12-16(19(20,21)22)17(25-18)27-15-8-3-2-4-9-15/h2-10,12H,1H3. The van der Waals surface area contributed by atoms with Crippen molar-refractivity contribution in [2.24, 2.45) is 0 Å². The largest absolute Gasteiger partial charge is 0.420 e. The molecule has 0 atom stereocenters. The lowest BCUT2D eigenvalue weighted by Crippen LogP contribution is -2.16. The van der Waals surface area contributed by atoms with Gasteiger partial charge in [-0.15, -0.1) is 0 Å². The minimum Gasteiger partial charge on any atom is -0.314 e. The van der Waals surface area contributed by atoms with Crippen LogP contribution in [-0.2, 0) is 6.18 Å². The molecule has 0 spiro atoms. The van der Waals surface area contributed by atoms with Gasteiger partial charge in [0, 0.05) is 23.8 Å². The molecule has 3 rings (SSSR count). The maximum Gasteiger partial charge on any atom is 0.420 e. The van der Waals surface area contributed by atoms with E-state index in [1.54, 1.807) is 61.6 Å². The highest BCUT2D eigenvalue weighted by molar-refractivity contribution is 7.99. The van der Waals surface area contributed by atoms with E-state index in [4.69, 9.17) is 5.26 Å². The van der Waals surface area contributed by atoms with Gasteiger partial charge in [0.05, 0.1) is 11.6 Å². The first kappa shape index (κ1) is 18.7. The molecule has 1 aromatic heterocycles. The zero-order valence-corrected chi connectivity index (χ0v) is 14.9. The van der Waals surface area contributed by atoms with Gasteiger partial charge < -0.3 is 4.90 Å². The van der Waals surface area contributed by atoms with Crippen molar-refractivity contribution in [2.45, 2.75) is 16.1 Å². The van der Waals surface area contributed by atoms with Crippen molar-refractivity contribution in [3.63, 3.8) is 0 Å². The van der Waals surface area contributed by atoms with E-state index in [1.807, 2.05) is 6.07 Å². The van der Waals surface area contributed by atoms with Gasteiger partial charge in [-0.1, -0.05) is 36.0 Å². The van der Waals surface area contributed by atoms with Crippen molar-refractivity contribution >= 4 is 23.4 Å². The van der Waals surface area contributed by atoms with Crippen LogP contribution in [0.1, 0.15) is 11.1 Å². The van der Waals surface area contributed by atoms with Gasteiger partial charge in [0.15, 0.2) is 0 Å². The molecule has 0 amide bonds. The Balaban J connectivity index is 2.02. The predicted molar refractivity (Wildman–Crippen MR) is 96.8 cm³/mol. The maximum atomic E-state index is 13.4. The highest BCUT2D eigenvalue weighted by Gasteiger charge is 2.35. The summed E-state index contributed by atoms with van der Waals surface area (Å²) >= 11 is 0.925. The summed E-state index contributed by atoms with van der Waals surface area (Å²) < 4.78 is 40.1. The average Bonchev–Trinajstić information content (AvgIpc) is 2.67. The highest BCUT2D eigenvalue weighted by Crippen LogP contribution is 2.39. The molecule has 2 aromatic carbocycles. The third-order valence-corrected chi connectivity index (χ3v) is 4.68. The fourth-order valence-corrected chi connectivity index (χ4v) is 3.21. The summed E-state index contributed by atoms with van der Waals surface area (Å²) in [4.78, 5) is 10.2. The van der Waals surface area contributed by atoms with Gasteiger partial charge in [0.2, 0.25) is 5.95 Å². The Labute approximate surface area is 158 Å². The van der Waals surface area contributed by atoms with E-state index in [2.05, 4.69) is 9.97 Å². The summed E-state index contributed by atoms with van der Waals surface area (Å²) in [6.45, 7) is 0. The van der Waals surface area contributed by atoms with E-state index >= 15 is 0 Å². The van der Waals surface area contributed by atoms with Crippen molar-refractivity contribution in [3.05, 3.63) is 71.9 Å². The molecule has 0 fully saturated rings. The molecule has 0 aliphatic rings. The fraction of sp³-hybridized carbons (Fsp3) is 0.105. The molecule has 0 saturated carbocycles. The van der Waals surface area contributed by atoms with E-state index in [-0.39, 0.29) is 11.0 Å². The minimum absolute atomic E-state index is 0.108. The number of hydrogen-bond donors (Lipinski definition) is 0. The van der Waals surface area contributed by atoms with Crippen molar-refractivity contribution in [2.75, 3.05) is 11.9 Å². The molecular weight excluding hydrogens is 373 g/mol. The van der Waals surface area contributed by atoms with Crippen LogP contribution < -0.4 is 4.90 Å². The van der Waals surface area contributed by atoms with Crippen molar-refractivity contribution < 1.29 is 13.2 Å². The Morgan fingerprint density at radius 2 is 1.81 bits per heavy atom. The molecule has 0 unspecified atom stereocenters. The van der Waals surface area contributed by atoms with Crippen LogP contribution in [0.4, 0.5) is 24.8 Å². The first-order chi connectivity index (χ1) is 12.9. The SMILES string of the molecule is CN(c1cccc(C#N)c1)c1ncc(C(F)(F)F)c(Sc2ccccc2)n1. The summed E-state index contributed by atoms with van der Waals surface area (Å²) in [5.41, 5.74) is 0.147. The third-order valence-electron chi connectivity index (χ3n) is 3.67. The molecule has 0 bridgehead atoms. The van der Waals surface area contributed by atoms with Crippen LogP contribution in [0.3, 0.4) is 0 Å². The quantitative estimate of drug-likeness (QED) is 0.571. The summed E-state index contributed by atoms with van der Waals surface area (Å²) in [6, 6.07) is 17.4. The second-order valence-electron chi connectivity index (χ2n) is 5.52. The number of nitriles is 1. The van der Waals surface area contributed by atoms with E-state index in [0.717, 1.165) is 18.0 Å². The first-order valence-electron chi connectivity index (χ1n) is 7.79. The Bertz CT molecular complexity index is 984. The molecule has 4 nitrogen and oxygen atoms in total. The monoisotopic (exact) mass is 386 g/mol. The summed E-state index contributed by atoms with van der Waals surface area (Å²) in [5.74, 6) is 0.108. The molecule has 0 N–H and O–H groups in total. The first-order valence-corrected chi connectivity index (χ1v) is 8.61. The molecule has 0 radical (unpaired) electrons. The van der Waals surface area contributed by atoms with E-state index in [1.165, 1.54) is 4.90 Å². The Hall–Kier alpha value is -3.05. The molecule has 27 heavy (non-hydrogen) atoms. The van der Waals surface area contributed by atoms with Gasteiger partial charge in [-0.2, -0.15) is 18.4 Å². The highest BCUT2D eigenvalue weighted by atomic mass is 32.2. The Morgan fingerprint density at radius 3 is 2.48 bits per heavy atom. The smallest absolute Gasteiger partial charge is 0.314 e. The van der Waals surface area contributed by atoms with Gasteiger partial charge in [-0.25, -0.2) is 9.97 Å². The fourth-order valence-electron chi connectivity index (χ4n) is 2.29. The molecular formula is C19H13F3N4S. The van der Waals surface area contributed by atoms with Gasteiger partial charge in [-0.05, 0) is 30.3 Å². The molecule has 8 heteroatoms. The second-order valence-corrected chi connectivity index (χ2v) is 6.59. The molecule has 3 aromatic rings. The normalized spacial score (nSPS) is 11.1. The third kappa shape index (κ3) is 4.38. The van der Waals surface area contributed by atoms with Gasteiger partial charge in [0.1, 0.15) is 10.6 Å². The second kappa shape index (κ2) is 7.68. The molecule has 0 aliphatic heterocycles. The number of nitrogens with zero attached hydrogens (tertiary/aromatic N) is 4. The van der Waals surface area contributed by atoms with Crippen LogP contribution in [0.15, 0.2) is 70.7 Å². The average molecular weight is 386 g/mol. The summed E-state index contributed by atoms with van der Waals surface area (Å²) in [5, 5.41) is 8.84. The van der Waals surface area contributed by atoms with E-state index in [9.17, 15) is 13.2 Å².